The van der Waals surface area contributed by atoms with Crippen molar-refractivity contribution in [3.05, 3.63) is 12.7 Å². The summed E-state index contributed by atoms with van der Waals surface area (Å²) in [5.41, 5.74) is 0. The number of ether oxygens (including phenoxy) is 1. The van der Waals surface area contributed by atoms with Gasteiger partial charge in [-0.2, -0.15) is 0 Å². The normalized spacial score (nSPS) is 10.2. The quantitative estimate of drug-likeness (QED) is 0.368. The van der Waals surface area contributed by atoms with Crippen LogP contribution >= 0.6 is 23.1 Å². The number of aromatic nitrogens is 2. The fourth-order valence-electron chi connectivity index (χ4n) is 1.22. The standard InChI is InChI=1S/C12H20N4O2S2/c1-3-6-13-10(17)9-19-12-16-15-11(20-12)14-7-5-8-18-4-2/h3H,1,4-9H2,2H3,(H,13,17)(H,14,15). The highest BCUT2D eigenvalue weighted by Gasteiger charge is 2.07. The maximum absolute atomic E-state index is 11.4. The van der Waals surface area contributed by atoms with Crippen molar-refractivity contribution in [2.45, 2.75) is 17.7 Å². The topological polar surface area (TPSA) is 76.1 Å². The zero-order valence-corrected chi connectivity index (χ0v) is 13.2. The molecule has 0 spiro atoms. The Bertz CT molecular complexity index is 412. The third-order valence-electron chi connectivity index (χ3n) is 2.12. The van der Waals surface area contributed by atoms with Crippen molar-refractivity contribution < 1.29 is 9.53 Å². The number of anilines is 1. The van der Waals surface area contributed by atoms with Crippen LogP contribution in [0, 0.1) is 0 Å². The molecule has 0 aliphatic rings. The van der Waals surface area contributed by atoms with Crippen molar-refractivity contribution >= 4 is 34.1 Å². The van der Waals surface area contributed by atoms with E-state index in [9.17, 15) is 4.79 Å². The third kappa shape index (κ3) is 7.46. The molecule has 0 fully saturated rings. The molecule has 0 radical (unpaired) electrons. The molecular weight excluding hydrogens is 296 g/mol. The van der Waals surface area contributed by atoms with E-state index in [1.54, 1.807) is 6.08 Å². The van der Waals surface area contributed by atoms with Gasteiger partial charge in [-0.1, -0.05) is 29.2 Å². The summed E-state index contributed by atoms with van der Waals surface area (Å²) in [6.45, 7) is 8.30. The van der Waals surface area contributed by atoms with E-state index in [1.165, 1.54) is 23.1 Å². The average molecular weight is 316 g/mol. The molecule has 0 aliphatic heterocycles. The molecule has 112 valence electrons. The molecule has 2 N–H and O–H groups in total. The van der Waals surface area contributed by atoms with Gasteiger partial charge < -0.3 is 15.4 Å². The van der Waals surface area contributed by atoms with Crippen molar-refractivity contribution in [1.82, 2.24) is 15.5 Å². The molecule has 1 aromatic rings. The average Bonchev–Trinajstić information content (AvgIpc) is 2.90. The summed E-state index contributed by atoms with van der Waals surface area (Å²) in [6.07, 6.45) is 2.58. The van der Waals surface area contributed by atoms with Gasteiger partial charge in [0.1, 0.15) is 0 Å². The molecule has 8 heteroatoms. The Kier molecular flexibility index (Phi) is 9.01. The van der Waals surface area contributed by atoms with Gasteiger partial charge in [-0.25, -0.2) is 0 Å². The minimum atomic E-state index is -0.0312. The highest BCUT2D eigenvalue weighted by Crippen LogP contribution is 2.25. The predicted octanol–water partition coefficient (Wildman–Crippen LogP) is 1.77. The molecule has 0 unspecified atom stereocenters. The van der Waals surface area contributed by atoms with E-state index in [4.69, 9.17) is 4.74 Å². The lowest BCUT2D eigenvalue weighted by atomic mass is 10.4. The molecule has 0 aromatic carbocycles. The minimum absolute atomic E-state index is 0.0312. The van der Waals surface area contributed by atoms with Crippen LogP contribution in [-0.2, 0) is 9.53 Å². The van der Waals surface area contributed by atoms with Crippen LogP contribution in [0.2, 0.25) is 0 Å². The van der Waals surface area contributed by atoms with E-state index in [1.807, 2.05) is 6.92 Å². The van der Waals surface area contributed by atoms with E-state index in [0.29, 0.717) is 12.3 Å². The fraction of sp³-hybridized carbons (Fsp3) is 0.583. The lowest BCUT2D eigenvalue weighted by Crippen LogP contribution is -2.24. The van der Waals surface area contributed by atoms with Gasteiger partial charge >= 0.3 is 0 Å². The first-order chi connectivity index (χ1) is 9.76. The second kappa shape index (κ2) is 10.6. The summed E-state index contributed by atoms with van der Waals surface area (Å²) in [4.78, 5) is 11.4. The van der Waals surface area contributed by atoms with Crippen LogP contribution < -0.4 is 10.6 Å². The Hall–Kier alpha value is -1.12. The number of amides is 1. The van der Waals surface area contributed by atoms with Crippen molar-refractivity contribution in [2.75, 3.05) is 37.4 Å². The molecule has 0 atom stereocenters. The van der Waals surface area contributed by atoms with E-state index >= 15 is 0 Å². The predicted molar refractivity (Wildman–Crippen MR) is 83.4 cm³/mol. The highest BCUT2D eigenvalue weighted by molar-refractivity contribution is 8.01. The molecule has 20 heavy (non-hydrogen) atoms. The molecule has 1 heterocycles. The number of nitrogens with zero attached hydrogens (tertiary/aromatic N) is 2. The minimum Gasteiger partial charge on any atom is -0.382 e. The largest absolute Gasteiger partial charge is 0.382 e. The van der Waals surface area contributed by atoms with Gasteiger partial charge in [0.15, 0.2) is 4.34 Å². The zero-order chi connectivity index (χ0) is 14.6. The number of carbonyl (C=O) groups is 1. The van der Waals surface area contributed by atoms with E-state index in [2.05, 4.69) is 27.4 Å². The summed E-state index contributed by atoms with van der Waals surface area (Å²) >= 11 is 2.83. The molecule has 0 bridgehead atoms. The molecule has 0 saturated carbocycles. The van der Waals surface area contributed by atoms with E-state index in [0.717, 1.165) is 35.7 Å². The number of nitrogens with one attached hydrogen (secondary N) is 2. The lowest BCUT2D eigenvalue weighted by Gasteiger charge is -2.01. The molecular formula is C12H20N4O2S2. The Morgan fingerprint density at radius 1 is 1.55 bits per heavy atom. The van der Waals surface area contributed by atoms with Gasteiger partial charge in [-0.3, -0.25) is 4.79 Å². The van der Waals surface area contributed by atoms with Crippen LogP contribution in [0.5, 0.6) is 0 Å². The van der Waals surface area contributed by atoms with Crippen LogP contribution in [-0.4, -0.2) is 48.2 Å². The first-order valence-corrected chi connectivity index (χ1v) is 8.22. The summed E-state index contributed by atoms with van der Waals surface area (Å²) in [7, 11) is 0. The number of thioether (sulfide) groups is 1. The van der Waals surface area contributed by atoms with Gasteiger partial charge in [-0.05, 0) is 13.3 Å². The van der Waals surface area contributed by atoms with Gasteiger partial charge in [0.2, 0.25) is 11.0 Å². The Morgan fingerprint density at radius 2 is 2.40 bits per heavy atom. The van der Waals surface area contributed by atoms with Gasteiger partial charge in [0.05, 0.1) is 5.75 Å². The maximum atomic E-state index is 11.4. The van der Waals surface area contributed by atoms with Crippen molar-refractivity contribution in [1.29, 1.82) is 0 Å². The third-order valence-corrected chi connectivity index (χ3v) is 4.14. The van der Waals surface area contributed by atoms with Gasteiger partial charge in [-0.15, -0.1) is 16.8 Å². The monoisotopic (exact) mass is 316 g/mol. The van der Waals surface area contributed by atoms with Crippen molar-refractivity contribution in [3.63, 3.8) is 0 Å². The molecule has 1 rings (SSSR count). The number of carbonyl (C=O) groups excluding carboxylic acids is 1. The second-order valence-corrected chi connectivity index (χ2v) is 5.93. The summed E-state index contributed by atoms with van der Waals surface area (Å²) < 4.78 is 6.03. The van der Waals surface area contributed by atoms with Gasteiger partial charge in [0, 0.05) is 26.3 Å². The molecule has 0 saturated heterocycles. The SMILES string of the molecule is C=CCNC(=O)CSc1nnc(NCCCOCC)s1. The number of hydrogen-bond donors (Lipinski definition) is 2. The molecule has 6 nitrogen and oxygen atoms in total. The molecule has 0 aliphatic carbocycles. The zero-order valence-electron chi connectivity index (χ0n) is 11.6. The summed E-state index contributed by atoms with van der Waals surface area (Å²) in [5.74, 6) is 0.309. The Labute approximate surface area is 127 Å². The van der Waals surface area contributed by atoms with Gasteiger partial charge in [0.25, 0.3) is 0 Å². The number of rotatable bonds is 11. The van der Waals surface area contributed by atoms with Crippen LogP contribution in [0.4, 0.5) is 5.13 Å². The molecule has 1 aromatic heterocycles. The maximum Gasteiger partial charge on any atom is 0.230 e. The lowest BCUT2D eigenvalue weighted by molar-refractivity contribution is -0.118. The fourth-order valence-corrected chi connectivity index (χ4v) is 2.83. The Morgan fingerprint density at radius 3 is 3.15 bits per heavy atom. The van der Waals surface area contributed by atoms with Crippen molar-refractivity contribution in [3.8, 4) is 0 Å². The van der Waals surface area contributed by atoms with Crippen LogP contribution in [0.25, 0.3) is 0 Å². The van der Waals surface area contributed by atoms with Crippen molar-refractivity contribution in [2.24, 2.45) is 0 Å². The first-order valence-electron chi connectivity index (χ1n) is 6.41. The highest BCUT2D eigenvalue weighted by atomic mass is 32.2. The van der Waals surface area contributed by atoms with Crippen LogP contribution in [0.1, 0.15) is 13.3 Å². The van der Waals surface area contributed by atoms with E-state index < -0.39 is 0 Å². The number of hydrogen-bond acceptors (Lipinski definition) is 7. The molecule has 1 amide bonds. The van der Waals surface area contributed by atoms with Crippen LogP contribution in [0.15, 0.2) is 17.0 Å². The second-order valence-electron chi connectivity index (χ2n) is 3.73. The smallest absolute Gasteiger partial charge is 0.230 e. The summed E-state index contributed by atoms with van der Waals surface area (Å²) in [5, 5.41) is 14.7. The first kappa shape index (κ1) is 16.9. The van der Waals surface area contributed by atoms with Crippen LogP contribution in [0.3, 0.4) is 0 Å². The van der Waals surface area contributed by atoms with E-state index in [-0.39, 0.29) is 5.91 Å². The Balaban J connectivity index is 2.18. The summed E-state index contributed by atoms with van der Waals surface area (Å²) in [6, 6.07) is 0.